The van der Waals surface area contributed by atoms with Crippen molar-refractivity contribution < 1.29 is 14.3 Å². The first kappa shape index (κ1) is 14.1. The molecule has 1 saturated heterocycles. The topological polar surface area (TPSA) is 46.6 Å². The van der Waals surface area contributed by atoms with Gasteiger partial charge in [0.15, 0.2) is 0 Å². The molecule has 0 radical (unpaired) electrons. The first-order valence-electron chi connectivity index (χ1n) is 6.60. The summed E-state index contributed by atoms with van der Waals surface area (Å²) in [6.45, 7) is 0.831. The van der Waals surface area contributed by atoms with Gasteiger partial charge in [-0.05, 0) is 41.7 Å². The van der Waals surface area contributed by atoms with E-state index in [1.54, 1.807) is 11.3 Å². The highest BCUT2D eigenvalue weighted by atomic mass is 32.1. The number of rotatable bonds is 5. The van der Waals surface area contributed by atoms with E-state index < -0.39 is 0 Å². The smallest absolute Gasteiger partial charge is 0.305 e. The summed E-state index contributed by atoms with van der Waals surface area (Å²) < 4.78 is 4.58. The SMILES string of the molecule is COC(=O)CCCC(=O)N1CCC[C@H]1c1ccsc1. The fourth-order valence-electron chi connectivity index (χ4n) is 2.51. The van der Waals surface area contributed by atoms with Gasteiger partial charge < -0.3 is 9.64 Å². The normalized spacial score (nSPS) is 18.6. The molecule has 0 bridgehead atoms. The number of likely N-dealkylation sites (tertiary alicyclic amines) is 1. The Balaban J connectivity index is 1.86. The first-order chi connectivity index (χ1) is 9.22. The van der Waals surface area contributed by atoms with E-state index in [1.807, 2.05) is 10.3 Å². The van der Waals surface area contributed by atoms with Gasteiger partial charge in [0, 0.05) is 19.4 Å². The number of esters is 1. The molecule has 1 aromatic heterocycles. The van der Waals surface area contributed by atoms with Gasteiger partial charge in [0.25, 0.3) is 0 Å². The predicted octanol–water partition coefficient (Wildman–Crippen LogP) is 2.75. The van der Waals surface area contributed by atoms with Gasteiger partial charge in [-0.2, -0.15) is 11.3 Å². The number of hydrogen-bond acceptors (Lipinski definition) is 4. The van der Waals surface area contributed by atoms with Crippen LogP contribution in [0, 0.1) is 0 Å². The van der Waals surface area contributed by atoms with Gasteiger partial charge in [0.2, 0.25) is 5.91 Å². The number of carbonyl (C=O) groups is 2. The molecule has 19 heavy (non-hydrogen) atoms. The average molecular weight is 281 g/mol. The lowest BCUT2D eigenvalue weighted by molar-refractivity contribution is -0.140. The third kappa shape index (κ3) is 3.56. The van der Waals surface area contributed by atoms with Crippen LogP contribution in [0.1, 0.15) is 43.7 Å². The molecule has 1 aliphatic rings. The molecule has 1 fully saturated rings. The maximum Gasteiger partial charge on any atom is 0.305 e. The Bertz CT molecular complexity index is 430. The quantitative estimate of drug-likeness (QED) is 0.780. The van der Waals surface area contributed by atoms with Crippen molar-refractivity contribution in [2.45, 2.75) is 38.1 Å². The van der Waals surface area contributed by atoms with Crippen LogP contribution in [-0.4, -0.2) is 30.4 Å². The molecule has 2 rings (SSSR count). The van der Waals surface area contributed by atoms with Gasteiger partial charge in [0.1, 0.15) is 0 Å². The molecule has 1 aromatic rings. The molecule has 1 aliphatic heterocycles. The second-order valence-corrected chi connectivity index (χ2v) is 5.51. The molecular formula is C14H19NO3S. The number of methoxy groups -OCH3 is 1. The Kier molecular flexibility index (Phi) is 4.96. The summed E-state index contributed by atoms with van der Waals surface area (Å²) in [6, 6.07) is 2.33. The number of amides is 1. The standard InChI is InChI=1S/C14H19NO3S/c1-18-14(17)6-2-5-13(16)15-8-3-4-12(15)11-7-9-19-10-11/h7,9-10,12H,2-6,8H2,1H3/t12-/m0/s1. The maximum atomic E-state index is 12.2. The summed E-state index contributed by atoms with van der Waals surface area (Å²) in [5.74, 6) is -0.0961. The average Bonchev–Trinajstić information content (AvgIpc) is 3.08. The monoisotopic (exact) mass is 281 g/mol. The van der Waals surface area contributed by atoms with E-state index in [2.05, 4.69) is 16.2 Å². The molecule has 0 unspecified atom stereocenters. The molecule has 0 saturated carbocycles. The summed E-state index contributed by atoms with van der Waals surface area (Å²) in [4.78, 5) is 25.2. The third-order valence-corrected chi connectivity index (χ3v) is 4.20. The van der Waals surface area contributed by atoms with Crippen LogP contribution < -0.4 is 0 Å². The van der Waals surface area contributed by atoms with E-state index in [9.17, 15) is 9.59 Å². The van der Waals surface area contributed by atoms with Crippen LogP contribution in [0.3, 0.4) is 0 Å². The van der Waals surface area contributed by atoms with Gasteiger partial charge in [-0.25, -0.2) is 0 Å². The van der Waals surface area contributed by atoms with E-state index in [0.29, 0.717) is 19.3 Å². The summed E-state index contributed by atoms with van der Waals surface area (Å²) >= 11 is 1.67. The molecule has 4 nitrogen and oxygen atoms in total. The minimum absolute atomic E-state index is 0.151. The fourth-order valence-corrected chi connectivity index (χ4v) is 3.21. The summed E-state index contributed by atoms with van der Waals surface area (Å²) in [5.41, 5.74) is 1.24. The van der Waals surface area contributed by atoms with Crippen molar-refractivity contribution in [3.63, 3.8) is 0 Å². The molecule has 1 atom stereocenters. The van der Waals surface area contributed by atoms with E-state index >= 15 is 0 Å². The molecule has 0 spiro atoms. The van der Waals surface area contributed by atoms with Crippen LogP contribution in [0.25, 0.3) is 0 Å². The molecule has 5 heteroatoms. The number of nitrogens with zero attached hydrogens (tertiary/aromatic N) is 1. The minimum atomic E-state index is -0.247. The second-order valence-electron chi connectivity index (χ2n) is 4.73. The van der Waals surface area contributed by atoms with Crippen LogP contribution >= 0.6 is 11.3 Å². The van der Waals surface area contributed by atoms with Crippen LogP contribution in [0.5, 0.6) is 0 Å². The predicted molar refractivity (Wildman–Crippen MR) is 73.9 cm³/mol. The highest BCUT2D eigenvalue weighted by Crippen LogP contribution is 2.33. The lowest BCUT2D eigenvalue weighted by Crippen LogP contribution is -2.30. The Hall–Kier alpha value is -1.36. The molecule has 0 aliphatic carbocycles. The van der Waals surface area contributed by atoms with Crippen molar-refractivity contribution in [2.24, 2.45) is 0 Å². The van der Waals surface area contributed by atoms with Gasteiger partial charge in [-0.3, -0.25) is 9.59 Å². The molecule has 104 valence electrons. The van der Waals surface area contributed by atoms with Crippen LogP contribution in [0.2, 0.25) is 0 Å². The van der Waals surface area contributed by atoms with E-state index in [0.717, 1.165) is 19.4 Å². The highest BCUT2D eigenvalue weighted by molar-refractivity contribution is 7.07. The van der Waals surface area contributed by atoms with Crippen molar-refractivity contribution in [3.8, 4) is 0 Å². The zero-order valence-corrected chi connectivity index (χ0v) is 11.9. The van der Waals surface area contributed by atoms with E-state index in [4.69, 9.17) is 0 Å². The summed E-state index contributed by atoms with van der Waals surface area (Å²) in [6.07, 6.45) is 3.41. The van der Waals surface area contributed by atoms with Crippen molar-refractivity contribution in [3.05, 3.63) is 22.4 Å². The van der Waals surface area contributed by atoms with Gasteiger partial charge in [-0.1, -0.05) is 0 Å². The lowest BCUT2D eigenvalue weighted by atomic mass is 10.1. The minimum Gasteiger partial charge on any atom is -0.469 e. The second kappa shape index (κ2) is 6.70. The third-order valence-electron chi connectivity index (χ3n) is 3.50. The van der Waals surface area contributed by atoms with Crippen molar-refractivity contribution in [1.82, 2.24) is 4.90 Å². The van der Waals surface area contributed by atoms with E-state index in [-0.39, 0.29) is 17.9 Å². The maximum absolute atomic E-state index is 12.2. The van der Waals surface area contributed by atoms with Gasteiger partial charge in [0.05, 0.1) is 13.2 Å². The number of thiophene rings is 1. The molecule has 2 heterocycles. The summed E-state index contributed by atoms with van der Waals surface area (Å²) in [7, 11) is 1.37. The highest BCUT2D eigenvalue weighted by Gasteiger charge is 2.29. The van der Waals surface area contributed by atoms with Gasteiger partial charge in [-0.15, -0.1) is 0 Å². The molecular weight excluding hydrogens is 262 g/mol. The van der Waals surface area contributed by atoms with Crippen LogP contribution in [-0.2, 0) is 14.3 Å². The number of carbonyl (C=O) groups excluding carboxylic acids is 2. The zero-order chi connectivity index (χ0) is 13.7. The van der Waals surface area contributed by atoms with Crippen molar-refractivity contribution >= 4 is 23.2 Å². The lowest BCUT2D eigenvalue weighted by Gasteiger charge is -2.24. The Morgan fingerprint density at radius 2 is 2.32 bits per heavy atom. The Morgan fingerprint density at radius 1 is 1.47 bits per heavy atom. The number of hydrogen-bond donors (Lipinski definition) is 0. The van der Waals surface area contributed by atoms with Crippen molar-refractivity contribution in [2.75, 3.05) is 13.7 Å². The Morgan fingerprint density at radius 3 is 3.00 bits per heavy atom. The Labute approximate surface area is 117 Å². The molecule has 0 N–H and O–H groups in total. The first-order valence-corrected chi connectivity index (χ1v) is 7.55. The summed E-state index contributed by atoms with van der Waals surface area (Å²) in [5, 5.41) is 4.16. The fraction of sp³-hybridized carbons (Fsp3) is 0.571. The molecule has 0 aromatic carbocycles. The van der Waals surface area contributed by atoms with Crippen LogP contribution in [0.15, 0.2) is 16.8 Å². The van der Waals surface area contributed by atoms with Crippen LogP contribution in [0.4, 0.5) is 0 Å². The van der Waals surface area contributed by atoms with Gasteiger partial charge >= 0.3 is 5.97 Å². The largest absolute Gasteiger partial charge is 0.469 e. The molecule has 1 amide bonds. The van der Waals surface area contributed by atoms with Crippen molar-refractivity contribution in [1.29, 1.82) is 0 Å². The zero-order valence-electron chi connectivity index (χ0n) is 11.1. The van der Waals surface area contributed by atoms with E-state index in [1.165, 1.54) is 12.7 Å². The number of ether oxygens (including phenoxy) is 1.